The number of carbonyl (C=O) groups excluding carboxylic acids is 3. The minimum Gasteiger partial charge on any atom is -0.368 e. The van der Waals surface area contributed by atoms with Gasteiger partial charge in [-0.2, -0.15) is 0 Å². The molecule has 1 saturated heterocycles. The minimum atomic E-state index is -0.621. The third-order valence-electron chi connectivity index (χ3n) is 3.87. The maximum absolute atomic E-state index is 11.7. The number of carbonyl (C=O) groups is 3. The Kier molecular flexibility index (Phi) is 11.0. The Morgan fingerprint density at radius 1 is 1.21 bits per heavy atom. The molecule has 0 spiro atoms. The molecule has 0 aromatic heterocycles. The van der Waals surface area contributed by atoms with Crippen molar-refractivity contribution in [3.05, 3.63) is 0 Å². The fourth-order valence-electron chi connectivity index (χ4n) is 2.54. The molecule has 3 amide bonds. The standard InChI is InChI=1S/C16H29N3O3S2/c1-12(20)19-14(16(17)22)7-4-5-10-18-15(21)8-3-2-6-13-9-11-23-24-13/h13-14H,2-11H2,1H3,(H2,17,22)(H,18,21)(H,19,20)/t13?,14-/m0/s1. The van der Waals surface area contributed by atoms with Gasteiger partial charge in [-0.25, -0.2) is 0 Å². The Labute approximate surface area is 152 Å². The highest BCUT2D eigenvalue weighted by molar-refractivity contribution is 8.77. The largest absolute Gasteiger partial charge is 0.368 e. The van der Waals surface area contributed by atoms with Gasteiger partial charge in [0.05, 0.1) is 0 Å². The first-order valence-electron chi connectivity index (χ1n) is 8.60. The molecule has 1 unspecified atom stereocenters. The monoisotopic (exact) mass is 375 g/mol. The van der Waals surface area contributed by atoms with Crippen LogP contribution in [-0.4, -0.2) is 41.3 Å². The molecule has 1 heterocycles. The Bertz CT molecular complexity index is 415. The van der Waals surface area contributed by atoms with Crippen LogP contribution >= 0.6 is 21.6 Å². The topological polar surface area (TPSA) is 101 Å². The van der Waals surface area contributed by atoms with E-state index in [0.29, 0.717) is 19.4 Å². The first kappa shape index (κ1) is 21.2. The maximum atomic E-state index is 11.7. The smallest absolute Gasteiger partial charge is 0.239 e. The number of hydrogen-bond acceptors (Lipinski definition) is 5. The van der Waals surface area contributed by atoms with Crippen molar-refractivity contribution in [1.82, 2.24) is 10.6 Å². The molecule has 8 heteroatoms. The molecule has 0 saturated carbocycles. The van der Waals surface area contributed by atoms with Crippen LogP contribution in [0.5, 0.6) is 0 Å². The van der Waals surface area contributed by atoms with E-state index in [9.17, 15) is 14.4 Å². The normalized spacial score (nSPS) is 18.1. The molecular weight excluding hydrogens is 346 g/mol. The number of nitrogens with two attached hydrogens (primary N) is 1. The third-order valence-corrected chi connectivity index (χ3v) is 6.88. The van der Waals surface area contributed by atoms with Gasteiger partial charge in [-0.05, 0) is 38.5 Å². The zero-order valence-corrected chi connectivity index (χ0v) is 16.0. The quantitative estimate of drug-likeness (QED) is 0.358. The van der Waals surface area contributed by atoms with Crippen LogP contribution in [0, 0.1) is 0 Å². The summed E-state index contributed by atoms with van der Waals surface area (Å²) in [5, 5.41) is 6.21. The van der Waals surface area contributed by atoms with Crippen molar-refractivity contribution in [2.45, 2.75) is 69.6 Å². The highest BCUT2D eigenvalue weighted by atomic mass is 33.1. The van der Waals surface area contributed by atoms with E-state index >= 15 is 0 Å². The van der Waals surface area contributed by atoms with Crippen LogP contribution < -0.4 is 16.4 Å². The Balaban J connectivity index is 1.98. The average molecular weight is 376 g/mol. The predicted octanol–water partition coefficient (Wildman–Crippen LogP) is 1.98. The lowest BCUT2D eigenvalue weighted by atomic mass is 10.1. The van der Waals surface area contributed by atoms with E-state index in [-0.39, 0.29) is 11.8 Å². The number of unbranched alkanes of at least 4 members (excludes halogenated alkanes) is 2. The van der Waals surface area contributed by atoms with E-state index in [1.54, 1.807) is 0 Å². The zero-order chi connectivity index (χ0) is 17.8. The van der Waals surface area contributed by atoms with E-state index in [0.717, 1.165) is 30.9 Å². The van der Waals surface area contributed by atoms with E-state index in [4.69, 9.17) is 5.73 Å². The third kappa shape index (κ3) is 10.1. The van der Waals surface area contributed by atoms with E-state index < -0.39 is 11.9 Å². The molecule has 0 aliphatic carbocycles. The molecule has 1 rings (SSSR count). The number of hydrogen-bond donors (Lipinski definition) is 3. The summed E-state index contributed by atoms with van der Waals surface area (Å²) in [6, 6.07) is -0.621. The SMILES string of the molecule is CC(=O)N[C@@H](CCCCNC(=O)CCCCC1CCSS1)C(N)=O. The maximum Gasteiger partial charge on any atom is 0.239 e. The van der Waals surface area contributed by atoms with Crippen molar-refractivity contribution in [2.75, 3.05) is 12.3 Å². The van der Waals surface area contributed by atoms with Gasteiger partial charge >= 0.3 is 0 Å². The van der Waals surface area contributed by atoms with E-state index in [2.05, 4.69) is 10.6 Å². The van der Waals surface area contributed by atoms with Crippen LogP contribution in [-0.2, 0) is 14.4 Å². The van der Waals surface area contributed by atoms with Crippen molar-refractivity contribution >= 4 is 39.3 Å². The van der Waals surface area contributed by atoms with Gasteiger partial charge in [0.15, 0.2) is 0 Å². The molecule has 1 aliphatic rings. The van der Waals surface area contributed by atoms with E-state index in [1.165, 1.54) is 25.5 Å². The molecule has 0 aromatic rings. The van der Waals surface area contributed by atoms with Gasteiger partial charge in [-0.1, -0.05) is 28.0 Å². The Morgan fingerprint density at radius 3 is 2.62 bits per heavy atom. The molecule has 2 atom stereocenters. The number of primary amides is 1. The molecule has 24 heavy (non-hydrogen) atoms. The van der Waals surface area contributed by atoms with Gasteiger partial charge in [0, 0.05) is 30.9 Å². The van der Waals surface area contributed by atoms with Crippen molar-refractivity contribution in [1.29, 1.82) is 0 Å². The lowest BCUT2D eigenvalue weighted by Crippen LogP contribution is -2.43. The van der Waals surface area contributed by atoms with Gasteiger partial charge in [0.1, 0.15) is 6.04 Å². The van der Waals surface area contributed by atoms with E-state index in [1.807, 2.05) is 21.6 Å². The summed E-state index contributed by atoms with van der Waals surface area (Å²) in [5.74, 6) is 0.570. The van der Waals surface area contributed by atoms with Crippen LogP contribution in [0.3, 0.4) is 0 Å². The molecule has 4 N–H and O–H groups in total. The molecule has 1 aliphatic heterocycles. The fraction of sp³-hybridized carbons (Fsp3) is 0.812. The summed E-state index contributed by atoms with van der Waals surface area (Å²) in [4.78, 5) is 33.9. The lowest BCUT2D eigenvalue weighted by molar-refractivity contribution is -0.126. The lowest BCUT2D eigenvalue weighted by Gasteiger charge is -2.14. The minimum absolute atomic E-state index is 0.0942. The van der Waals surface area contributed by atoms with Crippen molar-refractivity contribution in [2.24, 2.45) is 5.73 Å². The number of amides is 3. The molecule has 1 fully saturated rings. The molecule has 0 bridgehead atoms. The van der Waals surface area contributed by atoms with Crippen molar-refractivity contribution in [3.63, 3.8) is 0 Å². The Hall–Kier alpha value is -0.890. The second-order valence-corrected chi connectivity index (χ2v) is 8.86. The average Bonchev–Trinajstić information content (AvgIpc) is 3.03. The van der Waals surface area contributed by atoms with Crippen LogP contribution in [0.2, 0.25) is 0 Å². The first-order valence-corrected chi connectivity index (χ1v) is 11.0. The second-order valence-electron chi connectivity index (χ2n) is 6.08. The highest BCUT2D eigenvalue weighted by Crippen LogP contribution is 2.39. The Morgan fingerprint density at radius 2 is 2.00 bits per heavy atom. The fourth-order valence-corrected chi connectivity index (χ4v) is 5.57. The molecular formula is C16H29N3O3S2. The van der Waals surface area contributed by atoms with Gasteiger partial charge in [0.25, 0.3) is 0 Å². The second kappa shape index (κ2) is 12.5. The van der Waals surface area contributed by atoms with Crippen LogP contribution in [0.4, 0.5) is 0 Å². The summed E-state index contributed by atoms with van der Waals surface area (Å²) in [6.45, 7) is 1.96. The number of nitrogens with one attached hydrogen (secondary N) is 2. The van der Waals surface area contributed by atoms with Gasteiger partial charge < -0.3 is 16.4 Å². The molecule has 0 radical (unpaired) electrons. The van der Waals surface area contributed by atoms with Crippen LogP contribution in [0.25, 0.3) is 0 Å². The zero-order valence-electron chi connectivity index (χ0n) is 14.3. The van der Waals surface area contributed by atoms with Crippen LogP contribution in [0.1, 0.15) is 58.3 Å². The summed E-state index contributed by atoms with van der Waals surface area (Å²) in [6.07, 6.45) is 7.15. The molecule has 138 valence electrons. The van der Waals surface area contributed by atoms with Gasteiger partial charge in [-0.3, -0.25) is 14.4 Å². The predicted molar refractivity (Wildman–Crippen MR) is 101 cm³/mol. The van der Waals surface area contributed by atoms with Crippen molar-refractivity contribution in [3.8, 4) is 0 Å². The first-order chi connectivity index (χ1) is 11.5. The van der Waals surface area contributed by atoms with Crippen molar-refractivity contribution < 1.29 is 14.4 Å². The summed E-state index contributed by atoms with van der Waals surface area (Å²) < 4.78 is 0. The van der Waals surface area contributed by atoms with Gasteiger partial charge in [0.2, 0.25) is 17.7 Å². The van der Waals surface area contributed by atoms with Gasteiger partial charge in [-0.15, -0.1) is 0 Å². The summed E-state index contributed by atoms with van der Waals surface area (Å²) in [5.41, 5.74) is 5.23. The summed E-state index contributed by atoms with van der Waals surface area (Å²) in [7, 11) is 3.94. The number of rotatable bonds is 12. The van der Waals surface area contributed by atoms with Crippen LogP contribution in [0.15, 0.2) is 0 Å². The molecule has 0 aromatic carbocycles. The molecule has 6 nitrogen and oxygen atoms in total. The highest BCUT2D eigenvalue weighted by Gasteiger charge is 2.16. The summed E-state index contributed by atoms with van der Waals surface area (Å²) >= 11 is 0.